The average Bonchev–Trinajstić information content (AvgIpc) is 2.87. The summed E-state index contributed by atoms with van der Waals surface area (Å²) >= 11 is 0. The van der Waals surface area contributed by atoms with Gasteiger partial charge in [0, 0.05) is 13.0 Å². The van der Waals surface area contributed by atoms with Crippen LogP contribution in [0.5, 0.6) is 0 Å². The first-order valence-electron chi connectivity index (χ1n) is 5.82. The van der Waals surface area contributed by atoms with Crippen LogP contribution in [0.2, 0.25) is 0 Å². The third kappa shape index (κ3) is 1.14. The smallest absolute Gasteiger partial charge is 0.127 e. The summed E-state index contributed by atoms with van der Waals surface area (Å²) < 4.78 is 11.3. The monoisotopic (exact) mass is 206 g/mol. The van der Waals surface area contributed by atoms with Crippen LogP contribution in [0.15, 0.2) is 25.0 Å². The first kappa shape index (κ1) is 9.46. The molecule has 2 nitrogen and oxygen atoms in total. The fraction of sp³-hybridized carbons (Fsp3) is 0.692. The Balaban J connectivity index is 1.86. The number of allylic oxidation sites excluding steroid dienone is 2. The molecule has 0 aromatic heterocycles. The molecule has 2 bridgehead atoms. The Morgan fingerprint density at radius 1 is 1.27 bits per heavy atom. The second-order valence-corrected chi connectivity index (χ2v) is 4.94. The zero-order chi connectivity index (χ0) is 10.4. The molecule has 0 amide bonds. The summed E-state index contributed by atoms with van der Waals surface area (Å²) in [6.07, 6.45) is 9.34. The van der Waals surface area contributed by atoms with Crippen molar-refractivity contribution in [2.45, 2.75) is 25.0 Å². The first-order valence-corrected chi connectivity index (χ1v) is 5.82. The minimum absolute atomic E-state index is 0.249. The lowest BCUT2D eigenvalue weighted by molar-refractivity contribution is -0.0725. The van der Waals surface area contributed by atoms with Gasteiger partial charge < -0.3 is 9.47 Å². The Hall–Kier alpha value is -0.760. The van der Waals surface area contributed by atoms with Crippen molar-refractivity contribution in [2.24, 2.45) is 23.7 Å². The van der Waals surface area contributed by atoms with Gasteiger partial charge in [-0.1, -0.05) is 18.7 Å². The van der Waals surface area contributed by atoms with Crippen molar-refractivity contribution in [3.63, 3.8) is 0 Å². The predicted molar refractivity (Wildman–Crippen MR) is 58.2 cm³/mol. The van der Waals surface area contributed by atoms with Gasteiger partial charge in [0.2, 0.25) is 0 Å². The van der Waals surface area contributed by atoms with Crippen LogP contribution >= 0.6 is 0 Å². The Morgan fingerprint density at radius 2 is 2.13 bits per heavy atom. The van der Waals surface area contributed by atoms with Gasteiger partial charge in [0.25, 0.3) is 0 Å². The van der Waals surface area contributed by atoms with Crippen LogP contribution in [0.1, 0.15) is 12.8 Å². The van der Waals surface area contributed by atoms with Gasteiger partial charge in [-0.2, -0.15) is 0 Å². The zero-order valence-corrected chi connectivity index (χ0v) is 9.13. The summed E-state index contributed by atoms with van der Waals surface area (Å²) in [6, 6.07) is 0. The van der Waals surface area contributed by atoms with Crippen LogP contribution in [-0.2, 0) is 9.47 Å². The van der Waals surface area contributed by atoms with Crippen molar-refractivity contribution in [1.82, 2.24) is 0 Å². The van der Waals surface area contributed by atoms with Crippen LogP contribution in [-0.4, -0.2) is 19.3 Å². The van der Waals surface area contributed by atoms with E-state index < -0.39 is 0 Å². The highest BCUT2D eigenvalue weighted by atomic mass is 16.5. The fourth-order valence-electron chi connectivity index (χ4n) is 4.08. The van der Waals surface area contributed by atoms with E-state index in [0.717, 1.165) is 11.8 Å². The predicted octanol–water partition coefficient (Wildman–Crippen LogP) is 2.37. The van der Waals surface area contributed by atoms with E-state index in [0.29, 0.717) is 11.8 Å². The van der Waals surface area contributed by atoms with Crippen LogP contribution in [0, 0.1) is 23.7 Å². The van der Waals surface area contributed by atoms with Crippen molar-refractivity contribution in [1.29, 1.82) is 0 Å². The lowest BCUT2D eigenvalue weighted by atomic mass is 9.78. The SMILES string of the molecule is C=COC1C2CC(C3C=CCC32)C1OC. The minimum atomic E-state index is 0.249. The molecule has 2 heteroatoms. The van der Waals surface area contributed by atoms with Gasteiger partial charge in [-0.3, -0.25) is 0 Å². The van der Waals surface area contributed by atoms with Gasteiger partial charge in [-0.05, 0) is 30.6 Å². The molecule has 3 aliphatic carbocycles. The van der Waals surface area contributed by atoms with E-state index in [1.807, 2.05) is 0 Å². The molecule has 0 spiro atoms. The summed E-state index contributed by atoms with van der Waals surface area (Å²) in [5, 5.41) is 0. The van der Waals surface area contributed by atoms with Gasteiger partial charge in [0.15, 0.2) is 0 Å². The molecule has 0 N–H and O–H groups in total. The van der Waals surface area contributed by atoms with Crippen molar-refractivity contribution in [2.75, 3.05) is 7.11 Å². The molecule has 6 atom stereocenters. The Kier molecular flexibility index (Phi) is 2.13. The van der Waals surface area contributed by atoms with Crippen LogP contribution in [0.3, 0.4) is 0 Å². The normalized spacial score (nSPS) is 50.7. The third-order valence-electron chi connectivity index (χ3n) is 4.54. The summed E-state index contributed by atoms with van der Waals surface area (Å²) in [5.41, 5.74) is 0. The van der Waals surface area contributed by atoms with E-state index in [-0.39, 0.29) is 12.2 Å². The van der Waals surface area contributed by atoms with Gasteiger partial charge in [-0.15, -0.1) is 0 Å². The molecule has 0 aliphatic heterocycles. The quantitative estimate of drug-likeness (QED) is 0.521. The van der Waals surface area contributed by atoms with E-state index in [1.165, 1.54) is 12.8 Å². The second kappa shape index (κ2) is 3.38. The third-order valence-corrected chi connectivity index (χ3v) is 4.54. The Morgan fingerprint density at radius 3 is 2.87 bits per heavy atom. The van der Waals surface area contributed by atoms with Gasteiger partial charge in [0.1, 0.15) is 6.10 Å². The second-order valence-electron chi connectivity index (χ2n) is 4.94. The molecule has 0 radical (unpaired) electrons. The summed E-state index contributed by atoms with van der Waals surface area (Å²) in [7, 11) is 1.80. The van der Waals surface area contributed by atoms with Crippen LogP contribution in [0.25, 0.3) is 0 Å². The van der Waals surface area contributed by atoms with Crippen molar-refractivity contribution < 1.29 is 9.47 Å². The van der Waals surface area contributed by atoms with E-state index >= 15 is 0 Å². The molecule has 2 saturated carbocycles. The average molecular weight is 206 g/mol. The maximum Gasteiger partial charge on any atom is 0.127 e. The Labute approximate surface area is 90.9 Å². The molecular formula is C13H18O2. The highest BCUT2D eigenvalue weighted by Gasteiger charge is 2.59. The van der Waals surface area contributed by atoms with Crippen molar-refractivity contribution in [3.05, 3.63) is 25.0 Å². The molecule has 2 fully saturated rings. The van der Waals surface area contributed by atoms with Crippen LogP contribution in [0.4, 0.5) is 0 Å². The number of hydrogen-bond acceptors (Lipinski definition) is 2. The van der Waals surface area contributed by atoms with E-state index in [4.69, 9.17) is 9.47 Å². The fourth-order valence-corrected chi connectivity index (χ4v) is 4.08. The number of fused-ring (bicyclic) bond motifs is 5. The molecule has 3 aliphatic rings. The minimum Gasteiger partial charge on any atom is -0.496 e. The largest absolute Gasteiger partial charge is 0.496 e. The Bertz CT molecular complexity index is 297. The maximum absolute atomic E-state index is 5.66. The molecule has 0 heterocycles. The summed E-state index contributed by atoms with van der Waals surface area (Å²) in [5.74, 6) is 2.92. The standard InChI is InChI=1S/C13H18O2/c1-3-15-13-11-7-10(12(13)14-2)8-5-4-6-9(8)11/h3-5,8-13H,1,6-7H2,2H3. The molecule has 6 unspecified atom stereocenters. The molecule has 0 aromatic carbocycles. The van der Waals surface area contributed by atoms with Gasteiger partial charge in [0.05, 0.1) is 12.4 Å². The van der Waals surface area contributed by atoms with Crippen molar-refractivity contribution >= 4 is 0 Å². The topological polar surface area (TPSA) is 18.5 Å². The molecule has 0 saturated heterocycles. The lowest BCUT2D eigenvalue weighted by Gasteiger charge is -2.36. The number of hydrogen-bond donors (Lipinski definition) is 0. The number of ether oxygens (including phenoxy) is 2. The zero-order valence-electron chi connectivity index (χ0n) is 9.13. The molecule has 82 valence electrons. The van der Waals surface area contributed by atoms with Gasteiger partial charge in [-0.25, -0.2) is 0 Å². The van der Waals surface area contributed by atoms with E-state index in [1.54, 1.807) is 13.4 Å². The highest BCUT2D eigenvalue weighted by Crippen LogP contribution is 2.57. The molecule has 0 aromatic rings. The maximum atomic E-state index is 5.66. The summed E-state index contributed by atoms with van der Waals surface area (Å²) in [4.78, 5) is 0. The van der Waals surface area contributed by atoms with Crippen molar-refractivity contribution in [3.8, 4) is 0 Å². The summed E-state index contributed by atoms with van der Waals surface area (Å²) in [6.45, 7) is 3.67. The van der Waals surface area contributed by atoms with E-state index in [9.17, 15) is 0 Å². The van der Waals surface area contributed by atoms with E-state index in [2.05, 4.69) is 18.7 Å². The lowest BCUT2D eigenvalue weighted by Crippen LogP contribution is -2.42. The molecule has 15 heavy (non-hydrogen) atoms. The molecule has 3 rings (SSSR count). The highest BCUT2D eigenvalue weighted by molar-refractivity contribution is 5.17. The first-order chi connectivity index (χ1) is 7.36. The number of rotatable bonds is 3. The van der Waals surface area contributed by atoms with Crippen LogP contribution < -0.4 is 0 Å². The molecular weight excluding hydrogens is 188 g/mol. The number of methoxy groups -OCH3 is 1. The van der Waals surface area contributed by atoms with Gasteiger partial charge >= 0.3 is 0 Å².